The third kappa shape index (κ3) is 4.03. The zero-order chi connectivity index (χ0) is 25.3. The van der Waals surface area contributed by atoms with E-state index in [0.717, 1.165) is 44.1 Å². The fraction of sp³-hybridized carbons (Fsp3) is 0.759. The summed E-state index contributed by atoms with van der Waals surface area (Å²) in [5.41, 5.74) is -1.19. The molecule has 199 valence electrons. The summed E-state index contributed by atoms with van der Waals surface area (Å²) in [5, 5.41) is 11.7. The van der Waals surface area contributed by atoms with Crippen LogP contribution < -0.4 is 0 Å². The molecule has 1 radical (unpaired) electrons. The van der Waals surface area contributed by atoms with Crippen LogP contribution in [0.4, 0.5) is 0 Å². The molecule has 0 amide bonds. The molecule has 6 aliphatic rings. The number of allylic oxidation sites excluding steroid dienone is 4. The van der Waals surface area contributed by atoms with Gasteiger partial charge in [-0.3, -0.25) is 9.59 Å². The quantitative estimate of drug-likeness (QED) is 0.460. The van der Waals surface area contributed by atoms with Gasteiger partial charge in [-0.15, -0.1) is 0 Å². The Hall–Kier alpha value is -0.466. The van der Waals surface area contributed by atoms with E-state index < -0.39 is 36.1 Å². The second kappa shape index (κ2) is 10.2. The van der Waals surface area contributed by atoms with E-state index in [4.69, 9.17) is 14.2 Å². The molecule has 5 aliphatic carbocycles. The maximum absolute atomic E-state index is 13.8. The van der Waals surface area contributed by atoms with Gasteiger partial charge in [-0.25, -0.2) is 0 Å². The topological polar surface area (TPSA) is 99.1 Å². The van der Waals surface area contributed by atoms with Crippen LogP contribution in [0.5, 0.6) is 0 Å². The SMILES string of the molecule is C[C@]12C=CC(=O)C=C1CC[C@@H]1[C@@H]2[C@@H](O)C[C@@]2(C)[C@H]1C[C@H]1OC(C3CCCCC3)O[C@]12C(=O)CO[C-]=O.[Pr]. The average molecular weight is 639 g/mol. The zero-order valence-electron chi connectivity index (χ0n) is 21.8. The molecule has 7 nitrogen and oxygen atoms in total. The average Bonchev–Trinajstić information content (AvgIpc) is 3.36. The van der Waals surface area contributed by atoms with Crippen molar-refractivity contribution in [3.63, 3.8) is 0 Å². The summed E-state index contributed by atoms with van der Waals surface area (Å²) in [5.74, 6) is 0.209. The molecule has 6 rings (SSSR count). The van der Waals surface area contributed by atoms with Crippen molar-refractivity contribution in [3.05, 3.63) is 23.8 Å². The normalized spacial score (nSPS) is 46.6. The number of hydrogen-bond donors (Lipinski definition) is 1. The fourth-order valence-electron chi connectivity index (χ4n) is 9.41. The van der Waals surface area contributed by atoms with E-state index in [1.165, 1.54) is 12.9 Å². The van der Waals surface area contributed by atoms with Crippen molar-refractivity contribution in [3.8, 4) is 0 Å². The molecule has 1 heterocycles. The van der Waals surface area contributed by atoms with E-state index >= 15 is 0 Å². The van der Waals surface area contributed by atoms with Gasteiger partial charge in [0.15, 0.2) is 17.7 Å². The van der Waals surface area contributed by atoms with Gasteiger partial charge in [0.1, 0.15) is 6.61 Å². The van der Waals surface area contributed by atoms with Gasteiger partial charge < -0.3 is 24.1 Å². The molecule has 1 aliphatic heterocycles. The number of Topliss-reactive ketones (excluding diaryl/α,β-unsaturated/α-hetero) is 1. The smallest absolute Gasteiger partial charge is 0.201 e. The Balaban J connectivity index is 0.00000280. The van der Waals surface area contributed by atoms with E-state index in [9.17, 15) is 19.5 Å². The molecule has 0 bridgehead atoms. The second-order valence-corrected chi connectivity index (χ2v) is 12.5. The van der Waals surface area contributed by atoms with Crippen LogP contribution >= 0.6 is 0 Å². The number of hydrogen-bond acceptors (Lipinski definition) is 7. The predicted molar refractivity (Wildman–Crippen MR) is 129 cm³/mol. The number of aliphatic hydroxyl groups is 1. The van der Waals surface area contributed by atoms with Crippen LogP contribution in [0.3, 0.4) is 0 Å². The largest absolute Gasteiger partial charge is 0.648 e. The Morgan fingerprint density at radius 2 is 1.97 bits per heavy atom. The van der Waals surface area contributed by atoms with Gasteiger partial charge in [0, 0.05) is 64.0 Å². The third-order valence-electron chi connectivity index (χ3n) is 11.0. The number of aliphatic hydroxyl groups excluding tert-OH is 1. The first-order chi connectivity index (χ1) is 17.2. The van der Waals surface area contributed by atoms with Gasteiger partial charge in [0.05, 0.1) is 12.2 Å². The van der Waals surface area contributed by atoms with Crippen molar-refractivity contribution >= 4 is 18.0 Å². The first-order valence-electron chi connectivity index (χ1n) is 13.7. The van der Waals surface area contributed by atoms with Crippen LogP contribution in [0.2, 0.25) is 0 Å². The Morgan fingerprint density at radius 3 is 2.70 bits per heavy atom. The molecule has 0 aromatic carbocycles. The van der Waals surface area contributed by atoms with Gasteiger partial charge in [-0.2, -0.15) is 0 Å². The first kappa shape index (κ1) is 28.1. The molecule has 5 fully saturated rings. The van der Waals surface area contributed by atoms with Gasteiger partial charge >= 0.3 is 0 Å². The number of carbonyl (C=O) groups is 2. The van der Waals surface area contributed by atoms with Crippen molar-refractivity contribution < 1.29 is 75.0 Å². The molecule has 8 heteroatoms. The molecule has 1 N–H and O–H groups in total. The Labute approximate surface area is 252 Å². The van der Waals surface area contributed by atoms with Crippen LogP contribution in [0.25, 0.3) is 0 Å². The van der Waals surface area contributed by atoms with Crippen molar-refractivity contribution in [2.24, 2.45) is 34.5 Å². The Bertz CT molecular complexity index is 1020. The van der Waals surface area contributed by atoms with Crippen LogP contribution in [0, 0.1) is 75.8 Å². The molecular weight excluding hydrogens is 601 g/mol. The molecule has 0 spiro atoms. The van der Waals surface area contributed by atoms with Crippen molar-refractivity contribution in [1.82, 2.24) is 0 Å². The van der Waals surface area contributed by atoms with Crippen LogP contribution in [0.15, 0.2) is 23.8 Å². The third-order valence-corrected chi connectivity index (χ3v) is 11.0. The van der Waals surface area contributed by atoms with Crippen LogP contribution in [0.1, 0.15) is 71.6 Å². The summed E-state index contributed by atoms with van der Waals surface area (Å²) in [6.45, 7) is 5.22. The first-order valence-corrected chi connectivity index (χ1v) is 13.7. The monoisotopic (exact) mass is 638 g/mol. The van der Waals surface area contributed by atoms with Gasteiger partial charge in [-0.1, -0.05) is 51.2 Å². The summed E-state index contributed by atoms with van der Waals surface area (Å²) in [4.78, 5) is 36.8. The minimum atomic E-state index is -1.25. The summed E-state index contributed by atoms with van der Waals surface area (Å²) >= 11 is 0. The molecule has 1 saturated heterocycles. The van der Waals surface area contributed by atoms with Crippen molar-refractivity contribution in [2.45, 2.75) is 95.7 Å². The second-order valence-electron chi connectivity index (χ2n) is 12.5. The fourth-order valence-corrected chi connectivity index (χ4v) is 9.41. The van der Waals surface area contributed by atoms with Crippen LogP contribution in [-0.2, 0) is 28.6 Å². The molecule has 37 heavy (non-hydrogen) atoms. The number of fused-ring (bicyclic) bond motifs is 7. The molecular formula is C29H37O7Pr-. The molecule has 9 atom stereocenters. The number of rotatable bonds is 5. The molecule has 0 aromatic rings. The predicted octanol–water partition coefficient (Wildman–Crippen LogP) is 3.59. The van der Waals surface area contributed by atoms with E-state index in [1.807, 2.05) is 6.08 Å². The van der Waals surface area contributed by atoms with E-state index in [-0.39, 0.29) is 81.9 Å². The molecule has 1 unspecified atom stereocenters. The summed E-state index contributed by atoms with van der Waals surface area (Å²) in [7, 11) is 0. The van der Waals surface area contributed by atoms with Crippen molar-refractivity contribution in [2.75, 3.05) is 6.61 Å². The number of ketones is 2. The van der Waals surface area contributed by atoms with Gasteiger partial charge in [0.2, 0.25) is 5.78 Å². The van der Waals surface area contributed by atoms with Crippen LogP contribution in [-0.4, -0.2) is 53.9 Å². The minimum absolute atomic E-state index is 0. The standard InChI is InChI=1S/C29H37O7.Pr/c1-27-11-10-19(31)12-18(27)8-9-20-21-13-24-29(23(33)15-34-16-30,28(21,2)14-22(32)25(20)27)36-26(35-24)17-6-4-3-5-7-17;/h10-12,17,20-22,24-26,32H,3-9,13-15H2,1-2H3;/q-1;/t20-,21-,22-,24+,25+,26?,27-,28-,29+;/m0./s1. The van der Waals surface area contributed by atoms with Gasteiger partial charge in [0.25, 0.3) is 0 Å². The minimum Gasteiger partial charge on any atom is -0.648 e. The number of carbonyl (C=O) groups excluding carboxylic acids is 3. The Kier molecular flexibility index (Phi) is 7.72. The summed E-state index contributed by atoms with van der Waals surface area (Å²) < 4.78 is 18.2. The molecule has 0 aromatic heterocycles. The van der Waals surface area contributed by atoms with E-state index in [0.29, 0.717) is 12.8 Å². The Morgan fingerprint density at radius 1 is 1.22 bits per heavy atom. The van der Waals surface area contributed by atoms with E-state index in [2.05, 4.69) is 13.8 Å². The molecule has 4 saturated carbocycles. The maximum atomic E-state index is 13.8. The summed E-state index contributed by atoms with van der Waals surface area (Å²) in [6, 6.07) is 0. The zero-order valence-corrected chi connectivity index (χ0v) is 25.5. The van der Waals surface area contributed by atoms with Crippen molar-refractivity contribution in [1.29, 1.82) is 0 Å². The number of ether oxygens (including phenoxy) is 3. The van der Waals surface area contributed by atoms with E-state index in [1.54, 1.807) is 12.2 Å². The summed E-state index contributed by atoms with van der Waals surface area (Å²) in [6.07, 6.45) is 12.1. The maximum Gasteiger partial charge on any atom is 0.201 e. The van der Waals surface area contributed by atoms with Gasteiger partial charge in [-0.05, 0) is 62.5 Å².